The number of rotatable bonds is 3. The first-order valence-electron chi connectivity index (χ1n) is 10.4. The number of ketones is 1. The van der Waals surface area contributed by atoms with Gasteiger partial charge in [0.1, 0.15) is 11.6 Å². The number of benzene rings is 1. The van der Waals surface area contributed by atoms with Crippen molar-refractivity contribution in [2.45, 2.75) is 46.5 Å². The smallest absolute Gasteiger partial charge is 0.255 e. The van der Waals surface area contributed by atoms with Crippen LogP contribution in [0.4, 0.5) is 10.2 Å². The molecule has 160 valence electrons. The van der Waals surface area contributed by atoms with Crippen molar-refractivity contribution in [3.63, 3.8) is 0 Å². The molecule has 6 heteroatoms. The lowest BCUT2D eigenvalue weighted by atomic mass is 9.68. The molecule has 0 radical (unpaired) electrons. The summed E-state index contributed by atoms with van der Waals surface area (Å²) in [7, 11) is 0. The lowest BCUT2D eigenvalue weighted by molar-refractivity contribution is -0.118. The number of carbonyl (C=O) groups is 2. The molecule has 5 nitrogen and oxygen atoms in total. The Hall–Kier alpha value is -3.28. The number of Topliss-reactive ketones (excluding diaryl/α,β-unsaturated/α-hetero) is 1. The van der Waals surface area contributed by atoms with Gasteiger partial charge in [-0.1, -0.05) is 32.0 Å². The minimum absolute atomic E-state index is 0.0138. The first-order valence-corrected chi connectivity index (χ1v) is 10.4. The van der Waals surface area contributed by atoms with E-state index in [-0.39, 0.29) is 22.9 Å². The second-order valence-corrected chi connectivity index (χ2v) is 9.10. The Kier molecular flexibility index (Phi) is 5.25. The highest BCUT2D eigenvalue weighted by Gasteiger charge is 2.42. The molecule has 1 amide bonds. The molecule has 0 fully saturated rings. The minimum atomic E-state index is -0.565. The summed E-state index contributed by atoms with van der Waals surface area (Å²) in [5.41, 5.74) is 3.96. The van der Waals surface area contributed by atoms with Crippen molar-refractivity contribution >= 4 is 17.5 Å². The highest BCUT2D eigenvalue weighted by Crippen LogP contribution is 2.46. The monoisotopic (exact) mass is 419 g/mol. The number of hydrogen-bond donors (Lipinski definition) is 2. The van der Waals surface area contributed by atoms with Crippen molar-refractivity contribution in [3.8, 4) is 0 Å². The van der Waals surface area contributed by atoms with Crippen LogP contribution in [0.5, 0.6) is 0 Å². The summed E-state index contributed by atoms with van der Waals surface area (Å²) >= 11 is 0. The molecule has 2 heterocycles. The number of dihydropyridines is 1. The highest BCUT2D eigenvalue weighted by molar-refractivity contribution is 6.09. The number of pyridine rings is 1. The number of anilines is 1. The van der Waals surface area contributed by atoms with E-state index in [0.717, 1.165) is 11.3 Å². The lowest BCUT2D eigenvalue weighted by Crippen LogP contribution is -2.39. The van der Waals surface area contributed by atoms with Gasteiger partial charge in [-0.3, -0.25) is 9.59 Å². The molecule has 2 aromatic rings. The Bertz CT molecular complexity index is 1130. The van der Waals surface area contributed by atoms with Gasteiger partial charge in [-0.2, -0.15) is 0 Å². The van der Waals surface area contributed by atoms with Gasteiger partial charge in [0.05, 0.1) is 0 Å². The zero-order valence-corrected chi connectivity index (χ0v) is 18.2. The quantitative estimate of drug-likeness (QED) is 0.752. The number of halogens is 1. The fourth-order valence-electron chi connectivity index (χ4n) is 4.52. The molecule has 0 saturated heterocycles. The lowest BCUT2D eigenvalue weighted by Gasteiger charge is -2.39. The van der Waals surface area contributed by atoms with Gasteiger partial charge in [0.25, 0.3) is 5.91 Å². The summed E-state index contributed by atoms with van der Waals surface area (Å²) in [6, 6.07) is 9.70. The number of carbonyl (C=O) groups excluding carboxylic acids is 2. The first kappa shape index (κ1) is 21.0. The van der Waals surface area contributed by atoms with Crippen LogP contribution < -0.4 is 10.6 Å². The second-order valence-electron chi connectivity index (χ2n) is 9.10. The van der Waals surface area contributed by atoms with Crippen LogP contribution in [0.3, 0.4) is 0 Å². The molecule has 1 aromatic heterocycles. The van der Waals surface area contributed by atoms with Gasteiger partial charge in [-0.05, 0) is 55.0 Å². The van der Waals surface area contributed by atoms with Crippen LogP contribution in [0.2, 0.25) is 0 Å². The molecule has 4 rings (SSSR count). The number of aryl methyl sites for hydroxylation is 1. The number of amides is 1. The van der Waals surface area contributed by atoms with Crippen molar-refractivity contribution in [2.75, 3.05) is 5.32 Å². The van der Waals surface area contributed by atoms with Crippen LogP contribution >= 0.6 is 0 Å². The molecular weight excluding hydrogens is 393 g/mol. The number of hydrogen-bond acceptors (Lipinski definition) is 4. The Morgan fingerprint density at radius 1 is 1.16 bits per heavy atom. The topological polar surface area (TPSA) is 71.1 Å². The van der Waals surface area contributed by atoms with E-state index in [1.165, 1.54) is 12.1 Å². The van der Waals surface area contributed by atoms with Gasteiger partial charge in [0.2, 0.25) is 0 Å². The molecular formula is C25H26FN3O2. The normalized spacial score (nSPS) is 20.3. The van der Waals surface area contributed by atoms with Gasteiger partial charge >= 0.3 is 0 Å². The predicted octanol–water partition coefficient (Wildman–Crippen LogP) is 4.77. The third-order valence-corrected chi connectivity index (χ3v) is 5.93. The van der Waals surface area contributed by atoms with E-state index in [4.69, 9.17) is 0 Å². The van der Waals surface area contributed by atoms with Crippen LogP contribution in [-0.4, -0.2) is 16.7 Å². The zero-order chi connectivity index (χ0) is 22.3. The van der Waals surface area contributed by atoms with E-state index in [2.05, 4.69) is 29.5 Å². The number of nitrogens with one attached hydrogen (secondary N) is 2. The Labute approximate surface area is 181 Å². The molecule has 2 N–H and O–H groups in total. The van der Waals surface area contributed by atoms with E-state index in [0.29, 0.717) is 41.1 Å². The van der Waals surface area contributed by atoms with Gasteiger partial charge in [-0.15, -0.1) is 0 Å². The molecule has 0 bridgehead atoms. The number of nitrogens with zero attached hydrogens (tertiary/aromatic N) is 1. The summed E-state index contributed by atoms with van der Waals surface area (Å²) in [6.07, 6.45) is 2.73. The zero-order valence-electron chi connectivity index (χ0n) is 18.2. The van der Waals surface area contributed by atoms with Gasteiger partial charge in [0, 0.05) is 41.1 Å². The van der Waals surface area contributed by atoms with Gasteiger partial charge < -0.3 is 10.6 Å². The molecule has 1 aromatic carbocycles. The molecule has 1 unspecified atom stereocenters. The van der Waals surface area contributed by atoms with E-state index >= 15 is 0 Å². The number of aromatic nitrogens is 1. The van der Waals surface area contributed by atoms with Crippen LogP contribution in [0.1, 0.15) is 50.7 Å². The van der Waals surface area contributed by atoms with Crippen molar-refractivity contribution < 1.29 is 14.0 Å². The van der Waals surface area contributed by atoms with E-state index in [1.54, 1.807) is 24.4 Å². The van der Waals surface area contributed by atoms with E-state index in [9.17, 15) is 14.0 Å². The summed E-state index contributed by atoms with van der Waals surface area (Å²) in [4.78, 5) is 30.9. The maximum atomic E-state index is 13.6. The largest absolute Gasteiger partial charge is 0.362 e. The molecule has 0 saturated carbocycles. The fourth-order valence-corrected chi connectivity index (χ4v) is 4.52. The summed E-state index contributed by atoms with van der Waals surface area (Å²) in [5, 5.41) is 6.22. The highest BCUT2D eigenvalue weighted by atomic mass is 19.1. The van der Waals surface area contributed by atoms with E-state index < -0.39 is 5.92 Å². The van der Waals surface area contributed by atoms with Gasteiger partial charge in [0.15, 0.2) is 5.78 Å². The maximum absolute atomic E-state index is 13.6. The van der Waals surface area contributed by atoms with Gasteiger partial charge in [-0.25, -0.2) is 9.37 Å². The molecule has 1 atom stereocenters. The third-order valence-electron chi connectivity index (χ3n) is 5.93. The fraction of sp³-hybridized carbons (Fsp3) is 0.320. The van der Waals surface area contributed by atoms with Crippen LogP contribution in [0.15, 0.2) is 65.1 Å². The maximum Gasteiger partial charge on any atom is 0.255 e. The summed E-state index contributed by atoms with van der Waals surface area (Å²) in [6.45, 7) is 7.84. The molecule has 0 spiro atoms. The SMILES string of the molecule is CC1=C(C(=O)Nc2ncccc2C)C(c2ccc(F)cc2)C2=C(CC(C)(C)CC2=O)N1. The Morgan fingerprint density at radius 2 is 1.87 bits per heavy atom. The van der Waals surface area contributed by atoms with E-state index in [1.807, 2.05) is 19.9 Å². The standard InChI is InChI=1S/C25H26FN3O2/c1-14-6-5-11-27-23(14)29-24(31)20-15(2)28-18-12-25(3,4)13-19(30)22(18)21(20)16-7-9-17(26)10-8-16/h5-11,21,28H,12-13H2,1-4H3,(H,27,29,31). The van der Waals surface area contributed by atoms with Crippen LogP contribution in [0, 0.1) is 18.2 Å². The predicted molar refractivity (Wildman–Crippen MR) is 118 cm³/mol. The second kappa shape index (κ2) is 7.76. The first-order chi connectivity index (χ1) is 14.7. The summed E-state index contributed by atoms with van der Waals surface area (Å²) in [5.74, 6) is -0.769. The Morgan fingerprint density at radius 3 is 2.55 bits per heavy atom. The molecule has 1 aliphatic carbocycles. The Balaban J connectivity index is 1.81. The van der Waals surface area contributed by atoms with Crippen molar-refractivity contribution in [1.29, 1.82) is 0 Å². The minimum Gasteiger partial charge on any atom is -0.362 e. The van der Waals surface area contributed by atoms with Crippen LogP contribution in [-0.2, 0) is 9.59 Å². The number of allylic oxidation sites excluding steroid dienone is 3. The van der Waals surface area contributed by atoms with Crippen molar-refractivity contribution in [1.82, 2.24) is 10.3 Å². The average molecular weight is 420 g/mol. The van der Waals surface area contributed by atoms with Crippen molar-refractivity contribution in [2.24, 2.45) is 5.41 Å². The average Bonchev–Trinajstić information content (AvgIpc) is 2.68. The summed E-state index contributed by atoms with van der Waals surface area (Å²) < 4.78 is 13.6. The molecule has 2 aliphatic rings. The molecule has 31 heavy (non-hydrogen) atoms. The van der Waals surface area contributed by atoms with Crippen molar-refractivity contribution in [3.05, 3.63) is 82.1 Å². The third kappa shape index (κ3) is 4.02. The molecule has 1 aliphatic heterocycles. The van der Waals surface area contributed by atoms with Crippen LogP contribution in [0.25, 0.3) is 0 Å².